The summed E-state index contributed by atoms with van der Waals surface area (Å²) in [4.78, 5) is 11.2. The van der Waals surface area contributed by atoms with Gasteiger partial charge in [0.2, 0.25) is 0 Å². The van der Waals surface area contributed by atoms with Crippen LogP contribution in [0, 0.1) is 0 Å². The molecule has 1 atom stereocenters. The number of benzene rings is 1. The smallest absolute Gasteiger partial charge is 0.380 e. The highest BCUT2D eigenvalue weighted by molar-refractivity contribution is 6.32. The Morgan fingerprint density at radius 2 is 2.14 bits per heavy atom. The topological polar surface area (TPSA) is 65.0 Å². The Labute approximate surface area is 124 Å². The zero-order valence-corrected chi connectivity index (χ0v) is 11.8. The van der Waals surface area contributed by atoms with Crippen molar-refractivity contribution < 1.29 is 32.9 Å². The number of alkyl halides is 2. The molecule has 1 aromatic carbocycles. The molecule has 1 aromatic rings. The molecule has 0 spiro atoms. The molecule has 1 unspecified atom stereocenters. The number of fused-ring (bicyclic) bond motifs is 1. The van der Waals surface area contributed by atoms with Crippen LogP contribution in [0.1, 0.15) is 18.6 Å². The third-order valence-corrected chi connectivity index (χ3v) is 3.11. The van der Waals surface area contributed by atoms with E-state index in [1.807, 2.05) is 0 Å². The normalized spacial score (nSPS) is 15.5. The van der Waals surface area contributed by atoms with E-state index >= 15 is 0 Å². The third-order valence-electron chi connectivity index (χ3n) is 2.83. The molecule has 1 aliphatic heterocycles. The largest absolute Gasteiger partial charge is 0.486 e. The van der Waals surface area contributed by atoms with Crippen LogP contribution in [-0.2, 0) is 9.53 Å². The Morgan fingerprint density at radius 3 is 2.81 bits per heavy atom. The lowest BCUT2D eigenvalue weighted by atomic mass is 10.0. The van der Waals surface area contributed by atoms with E-state index in [0.29, 0.717) is 0 Å². The van der Waals surface area contributed by atoms with Crippen LogP contribution >= 0.6 is 11.6 Å². The molecule has 1 heterocycles. The quantitative estimate of drug-likeness (QED) is 0.862. The van der Waals surface area contributed by atoms with Crippen molar-refractivity contribution in [1.29, 1.82) is 0 Å². The summed E-state index contributed by atoms with van der Waals surface area (Å²) in [7, 11) is 0. The SMILES string of the molecule is CCOC(=O)C(F)(F)C(O)c1cc(Cl)c2c(c1)OCCO2. The fourth-order valence-corrected chi connectivity index (χ4v) is 2.11. The van der Waals surface area contributed by atoms with Gasteiger partial charge in [-0.3, -0.25) is 0 Å². The maximum absolute atomic E-state index is 13.8. The van der Waals surface area contributed by atoms with Crippen molar-refractivity contribution in [2.45, 2.75) is 19.0 Å². The summed E-state index contributed by atoms with van der Waals surface area (Å²) in [5.74, 6) is -5.53. The van der Waals surface area contributed by atoms with Crippen LogP contribution < -0.4 is 9.47 Å². The molecule has 0 bridgehead atoms. The highest BCUT2D eigenvalue weighted by Crippen LogP contribution is 2.42. The molecule has 0 saturated carbocycles. The molecule has 1 aliphatic rings. The number of rotatable bonds is 4. The van der Waals surface area contributed by atoms with Gasteiger partial charge in [-0.15, -0.1) is 0 Å². The highest BCUT2D eigenvalue weighted by Gasteiger charge is 2.49. The van der Waals surface area contributed by atoms with Gasteiger partial charge in [0.15, 0.2) is 17.6 Å². The molecule has 0 saturated heterocycles. The van der Waals surface area contributed by atoms with Crippen molar-refractivity contribution in [2.75, 3.05) is 19.8 Å². The van der Waals surface area contributed by atoms with Crippen LogP contribution in [0.5, 0.6) is 11.5 Å². The van der Waals surface area contributed by atoms with Crippen molar-refractivity contribution in [3.8, 4) is 11.5 Å². The Hall–Kier alpha value is -1.60. The van der Waals surface area contributed by atoms with Gasteiger partial charge in [0.1, 0.15) is 13.2 Å². The maximum Gasteiger partial charge on any atom is 0.380 e. The summed E-state index contributed by atoms with van der Waals surface area (Å²) in [5, 5.41) is 9.78. The first-order valence-electron chi connectivity index (χ1n) is 6.20. The second-order valence-corrected chi connectivity index (χ2v) is 4.68. The molecule has 5 nitrogen and oxygen atoms in total. The first-order valence-corrected chi connectivity index (χ1v) is 6.57. The van der Waals surface area contributed by atoms with Crippen LogP contribution in [0.15, 0.2) is 12.1 Å². The summed E-state index contributed by atoms with van der Waals surface area (Å²) in [6, 6.07) is 2.27. The monoisotopic (exact) mass is 322 g/mol. The van der Waals surface area contributed by atoms with E-state index in [0.717, 1.165) is 12.1 Å². The predicted octanol–water partition coefficient (Wildman–Crippen LogP) is 2.34. The van der Waals surface area contributed by atoms with E-state index in [9.17, 15) is 18.7 Å². The number of carbonyl (C=O) groups excluding carboxylic acids is 1. The van der Waals surface area contributed by atoms with Gasteiger partial charge in [-0.25, -0.2) is 4.79 Å². The summed E-state index contributed by atoms with van der Waals surface area (Å²) in [6.07, 6.45) is -2.40. The first-order chi connectivity index (χ1) is 9.87. The predicted molar refractivity (Wildman–Crippen MR) is 69.0 cm³/mol. The molecular formula is C13H13ClF2O5. The van der Waals surface area contributed by atoms with E-state index in [2.05, 4.69) is 4.74 Å². The van der Waals surface area contributed by atoms with Gasteiger partial charge in [-0.05, 0) is 24.6 Å². The van der Waals surface area contributed by atoms with E-state index < -0.39 is 18.0 Å². The fraction of sp³-hybridized carbons (Fsp3) is 0.462. The average molecular weight is 323 g/mol. The van der Waals surface area contributed by atoms with Crippen molar-refractivity contribution in [2.24, 2.45) is 0 Å². The van der Waals surface area contributed by atoms with Crippen LogP contribution in [0.25, 0.3) is 0 Å². The molecular weight excluding hydrogens is 310 g/mol. The Bertz CT molecular complexity index is 550. The van der Waals surface area contributed by atoms with E-state index in [4.69, 9.17) is 21.1 Å². The average Bonchev–Trinajstić information content (AvgIpc) is 2.46. The zero-order valence-electron chi connectivity index (χ0n) is 11.1. The molecule has 21 heavy (non-hydrogen) atoms. The summed E-state index contributed by atoms with van der Waals surface area (Å²) in [6.45, 7) is 1.69. The van der Waals surface area contributed by atoms with E-state index in [1.54, 1.807) is 0 Å². The van der Waals surface area contributed by atoms with Gasteiger partial charge in [-0.2, -0.15) is 8.78 Å². The van der Waals surface area contributed by atoms with E-state index in [-0.39, 0.29) is 41.9 Å². The maximum atomic E-state index is 13.8. The molecule has 1 N–H and O–H groups in total. The van der Waals surface area contributed by atoms with E-state index in [1.165, 1.54) is 6.92 Å². The Balaban J connectivity index is 2.33. The first kappa shape index (κ1) is 15.8. The van der Waals surface area contributed by atoms with Gasteiger partial charge in [-0.1, -0.05) is 11.6 Å². The lowest BCUT2D eigenvalue weighted by Crippen LogP contribution is -2.37. The minimum Gasteiger partial charge on any atom is -0.486 e. The number of hydrogen-bond acceptors (Lipinski definition) is 5. The van der Waals surface area contributed by atoms with Crippen molar-refractivity contribution in [3.05, 3.63) is 22.7 Å². The number of ether oxygens (including phenoxy) is 3. The second kappa shape index (κ2) is 6.03. The third kappa shape index (κ3) is 3.03. The highest BCUT2D eigenvalue weighted by atomic mass is 35.5. The molecule has 0 amide bonds. The summed E-state index contributed by atoms with van der Waals surface area (Å²) < 4.78 is 42.3. The van der Waals surface area contributed by atoms with Crippen LogP contribution in [-0.4, -0.2) is 36.8 Å². The molecule has 0 fully saturated rings. The van der Waals surface area contributed by atoms with Crippen molar-refractivity contribution in [3.63, 3.8) is 0 Å². The Kier molecular flexibility index (Phi) is 4.53. The van der Waals surface area contributed by atoms with Crippen molar-refractivity contribution >= 4 is 17.6 Å². The molecule has 2 rings (SSSR count). The zero-order chi connectivity index (χ0) is 15.6. The van der Waals surface area contributed by atoms with Gasteiger partial charge >= 0.3 is 11.9 Å². The number of halogens is 3. The van der Waals surface area contributed by atoms with Gasteiger partial charge < -0.3 is 19.3 Å². The number of esters is 1. The van der Waals surface area contributed by atoms with Gasteiger partial charge in [0.05, 0.1) is 11.6 Å². The number of carbonyl (C=O) groups is 1. The summed E-state index contributed by atoms with van der Waals surface area (Å²) >= 11 is 5.91. The summed E-state index contributed by atoms with van der Waals surface area (Å²) in [5.41, 5.74) is -0.262. The van der Waals surface area contributed by atoms with Crippen LogP contribution in [0.3, 0.4) is 0 Å². The van der Waals surface area contributed by atoms with Crippen LogP contribution in [0.4, 0.5) is 8.78 Å². The number of aliphatic hydroxyl groups excluding tert-OH is 1. The van der Waals surface area contributed by atoms with Crippen molar-refractivity contribution in [1.82, 2.24) is 0 Å². The number of hydrogen-bond donors (Lipinski definition) is 1. The van der Waals surface area contributed by atoms with Crippen LogP contribution in [0.2, 0.25) is 5.02 Å². The minimum atomic E-state index is -4.09. The molecule has 116 valence electrons. The molecule has 0 aromatic heterocycles. The van der Waals surface area contributed by atoms with Gasteiger partial charge in [0.25, 0.3) is 0 Å². The standard InChI is InChI=1S/C13H13ClF2O5/c1-2-19-12(18)13(15,16)11(17)7-5-8(14)10-9(6-7)20-3-4-21-10/h5-6,11,17H,2-4H2,1H3. The lowest BCUT2D eigenvalue weighted by Gasteiger charge is -2.24. The second-order valence-electron chi connectivity index (χ2n) is 4.27. The molecule has 8 heteroatoms. The Morgan fingerprint density at radius 1 is 1.48 bits per heavy atom. The number of aliphatic hydroxyl groups is 1. The molecule has 0 aliphatic carbocycles. The lowest BCUT2D eigenvalue weighted by molar-refractivity contribution is -0.189. The van der Waals surface area contributed by atoms with Gasteiger partial charge in [0, 0.05) is 0 Å². The fourth-order valence-electron chi connectivity index (χ4n) is 1.84. The minimum absolute atomic E-state index is 0.0147. The molecule has 0 radical (unpaired) electrons.